The van der Waals surface area contributed by atoms with Crippen molar-refractivity contribution in [2.45, 2.75) is 6.54 Å². The van der Waals surface area contributed by atoms with Gasteiger partial charge >= 0.3 is 0 Å². The summed E-state index contributed by atoms with van der Waals surface area (Å²) in [5.41, 5.74) is 3.32. The van der Waals surface area contributed by atoms with E-state index in [0.717, 1.165) is 21.9 Å². The molecule has 2 N–H and O–H groups in total. The standard InChI is InChI=1S/C19H18N4O2/c1-25-11-10-23-17-5-3-2-4-15(17)21-19(23)22-18(24)14-7-6-13-8-9-20-16(13)12-14/h2-9,12,20H,10-11H2,1H3,(H,21,22,24). The molecule has 1 amide bonds. The van der Waals surface area contributed by atoms with Crippen LogP contribution in [0.4, 0.5) is 5.95 Å². The SMILES string of the molecule is COCCn1c(NC(=O)c2ccc3cc[nH]c3c2)nc2ccccc21. The Bertz CT molecular complexity index is 1050. The number of benzene rings is 2. The molecular formula is C19H18N4O2. The molecule has 0 aliphatic rings. The minimum Gasteiger partial charge on any atom is -0.383 e. The molecule has 0 spiro atoms. The van der Waals surface area contributed by atoms with Gasteiger partial charge in [0.25, 0.3) is 5.91 Å². The molecule has 0 radical (unpaired) electrons. The Labute approximate surface area is 144 Å². The van der Waals surface area contributed by atoms with E-state index in [1.165, 1.54) is 0 Å². The van der Waals surface area contributed by atoms with Gasteiger partial charge in [0.1, 0.15) is 0 Å². The lowest BCUT2D eigenvalue weighted by Gasteiger charge is -2.09. The average molecular weight is 334 g/mol. The molecule has 4 aromatic rings. The van der Waals surface area contributed by atoms with Gasteiger partial charge in [-0.05, 0) is 35.7 Å². The highest BCUT2D eigenvalue weighted by molar-refractivity contribution is 6.06. The van der Waals surface area contributed by atoms with Crippen LogP contribution >= 0.6 is 0 Å². The molecule has 0 saturated heterocycles. The Balaban J connectivity index is 1.67. The Morgan fingerprint density at radius 2 is 2.12 bits per heavy atom. The second-order valence-electron chi connectivity index (χ2n) is 5.80. The maximum atomic E-state index is 12.7. The number of aromatic nitrogens is 3. The van der Waals surface area contributed by atoms with Crippen LogP contribution in [0.5, 0.6) is 0 Å². The number of anilines is 1. The predicted octanol–water partition coefficient (Wildman–Crippen LogP) is 3.42. The van der Waals surface area contributed by atoms with Gasteiger partial charge in [-0.25, -0.2) is 4.98 Å². The zero-order chi connectivity index (χ0) is 17.2. The van der Waals surface area contributed by atoms with Gasteiger partial charge < -0.3 is 14.3 Å². The van der Waals surface area contributed by atoms with Crippen LogP contribution in [0.25, 0.3) is 21.9 Å². The minimum absolute atomic E-state index is 0.189. The van der Waals surface area contributed by atoms with Crippen molar-refractivity contribution in [3.8, 4) is 0 Å². The molecule has 0 aliphatic heterocycles. The van der Waals surface area contributed by atoms with Gasteiger partial charge in [-0.2, -0.15) is 0 Å². The first-order chi connectivity index (χ1) is 12.3. The van der Waals surface area contributed by atoms with E-state index >= 15 is 0 Å². The smallest absolute Gasteiger partial charge is 0.258 e. The van der Waals surface area contributed by atoms with E-state index in [1.54, 1.807) is 7.11 Å². The monoisotopic (exact) mass is 334 g/mol. The molecule has 0 atom stereocenters. The van der Waals surface area contributed by atoms with Crippen LogP contribution in [0.15, 0.2) is 54.7 Å². The summed E-state index contributed by atoms with van der Waals surface area (Å²) in [5.74, 6) is 0.334. The minimum atomic E-state index is -0.189. The molecule has 2 aromatic carbocycles. The summed E-state index contributed by atoms with van der Waals surface area (Å²) in [4.78, 5) is 20.3. The first kappa shape index (κ1) is 15.4. The number of carbonyl (C=O) groups is 1. The number of amides is 1. The van der Waals surface area contributed by atoms with Gasteiger partial charge in [-0.3, -0.25) is 10.1 Å². The van der Waals surface area contributed by atoms with E-state index in [4.69, 9.17) is 4.74 Å². The van der Waals surface area contributed by atoms with Crippen molar-refractivity contribution in [2.24, 2.45) is 0 Å². The van der Waals surface area contributed by atoms with Crippen molar-refractivity contribution in [2.75, 3.05) is 19.0 Å². The number of rotatable bonds is 5. The fraction of sp³-hybridized carbons (Fsp3) is 0.158. The molecule has 0 saturated carbocycles. The first-order valence-electron chi connectivity index (χ1n) is 8.09. The third-order valence-electron chi connectivity index (χ3n) is 4.22. The number of H-pyrrole nitrogens is 1. The van der Waals surface area contributed by atoms with Gasteiger partial charge in [-0.1, -0.05) is 18.2 Å². The van der Waals surface area contributed by atoms with Gasteiger partial charge in [0.15, 0.2) is 0 Å². The van der Waals surface area contributed by atoms with Crippen LogP contribution in [0.2, 0.25) is 0 Å². The molecule has 4 rings (SSSR count). The number of carbonyl (C=O) groups excluding carboxylic acids is 1. The number of aromatic amines is 1. The first-order valence-corrected chi connectivity index (χ1v) is 8.09. The maximum absolute atomic E-state index is 12.7. The number of hydrogen-bond donors (Lipinski definition) is 2. The van der Waals surface area contributed by atoms with Crippen molar-refractivity contribution in [1.29, 1.82) is 0 Å². The molecule has 0 fully saturated rings. The number of methoxy groups -OCH3 is 1. The van der Waals surface area contributed by atoms with Crippen molar-refractivity contribution in [3.05, 3.63) is 60.3 Å². The molecular weight excluding hydrogens is 316 g/mol. The topological polar surface area (TPSA) is 71.9 Å². The van der Waals surface area contributed by atoms with E-state index in [9.17, 15) is 4.79 Å². The lowest BCUT2D eigenvalue weighted by Crippen LogP contribution is -2.17. The summed E-state index contributed by atoms with van der Waals surface area (Å²) in [6, 6.07) is 15.4. The van der Waals surface area contributed by atoms with Crippen LogP contribution < -0.4 is 5.32 Å². The number of fused-ring (bicyclic) bond motifs is 2. The Morgan fingerprint density at radius 1 is 1.24 bits per heavy atom. The zero-order valence-electron chi connectivity index (χ0n) is 13.8. The summed E-state index contributed by atoms with van der Waals surface area (Å²) >= 11 is 0. The molecule has 2 aromatic heterocycles. The van der Waals surface area contributed by atoms with Crippen molar-refractivity contribution in [3.63, 3.8) is 0 Å². The Hall–Kier alpha value is -3.12. The largest absolute Gasteiger partial charge is 0.383 e. The molecule has 0 aliphatic carbocycles. The maximum Gasteiger partial charge on any atom is 0.258 e. The molecule has 2 heterocycles. The van der Waals surface area contributed by atoms with Crippen LogP contribution in [0.3, 0.4) is 0 Å². The van der Waals surface area contributed by atoms with E-state index < -0.39 is 0 Å². The number of imidazole rings is 1. The summed E-state index contributed by atoms with van der Waals surface area (Å²) in [6.07, 6.45) is 1.86. The van der Waals surface area contributed by atoms with Gasteiger partial charge in [0.2, 0.25) is 5.95 Å². The highest BCUT2D eigenvalue weighted by Gasteiger charge is 2.14. The fourth-order valence-corrected chi connectivity index (χ4v) is 2.94. The van der Waals surface area contributed by atoms with Crippen molar-refractivity contribution >= 4 is 33.8 Å². The third kappa shape index (κ3) is 2.88. The molecule has 0 unspecified atom stereocenters. The van der Waals surface area contributed by atoms with Crippen LogP contribution in [0.1, 0.15) is 10.4 Å². The summed E-state index contributed by atoms with van der Waals surface area (Å²) in [5, 5.41) is 4.00. The number of nitrogens with one attached hydrogen (secondary N) is 2. The average Bonchev–Trinajstić information content (AvgIpc) is 3.23. The van der Waals surface area contributed by atoms with E-state index in [-0.39, 0.29) is 5.91 Å². The number of ether oxygens (including phenoxy) is 1. The highest BCUT2D eigenvalue weighted by atomic mass is 16.5. The number of nitrogens with zero attached hydrogens (tertiary/aromatic N) is 2. The van der Waals surface area contributed by atoms with E-state index in [2.05, 4.69) is 15.3 Å². The molecule has 6 nitrogen and oxygen atoms in total. The van der Waals surface area contributed by atoms with Gasteiger partial charge in [0.05, 0.1) is 17.6 Å². The second-order valence-corrected chi connectivity index (χ2v) is 5.80. The highest BCUT2D eigenvalue weighted by Crippen LogP contribution is 2.21. The predicted molar refractivity (Wildman–Crippen MR) is 97.9 cm³/mol. The lowest BCUT2D eigenvalue weighted by atomic mass is 10.1. The van der Waals surface area contributed by atoms with Crippen LogP contribution in [-0.4, -0.2) is 34.2 Å². The second kappa shape index (κ2) is 6.41. The third-order valence-corrected chi connectivity index (χ3v) is 4.22. The van der Waals surface area contributed by atoms with Crippen molar-refractivity contribution < 1.29 is 9.53 Å². The van der Waals surface area contributed by atoms with Crippen molar-refractivity contribution in [1.82, 2.24) is 14.5 Å². The van der Waals surface area contributed by atoms with Gasteiger partial charge in [0, 0.05) is 30.9 Å². The Kier molecular flexibility index (Phi) is 3.95. The van der Waals surface area contributed by atoms with Crippen LogP contribution in [-0.2, 0) is 11.3 Å². The molecule has 0 bridgehead atoms. The number of hydrogen-bond acceptors (Lipinski definition) is 3. The lowest BCUT2D eigenvalue weighted by molar-refractivity contribution is 0.102. The summed E-state index contributed by atoms with van der Waals surface area (Å²) < 4.78 is 7.14. The molecule has 126 valence electrons. The fourth-order valence-electron chi connectivity index (χ4n) is 2.94. The van der Waals surface area contributed by atoms with Crippen LogP contribution in [0, 0.1) is 0 Å². The van der Waals surface area contributed by atoms with E-state index in [0.29, 0.717) is 24.7 Å². The molecule has 6 heteroatoms. The normalized spacial score (nSPS) is 11.2. The Morgan fingerprint density at radius 3 is 3.00 bits per heavy atom. The summed E-state index contributed by atoms with van der Waals surface area (Å²) in [6.45, 7) is 1.15. The van der Waals surface area contributed by atoms with E-state index in [1.807, 2.05) is 59.3 Å². The zero-order valence-corrected chi connectivity index (χ0v) is 13.8. The number of para-hydroxylation sites is 2. The summed E-state index contributed by atoms with van der Waals surface area (Å²) in [7, 11) is 1.66. The molecule has 25 heavy (non-hydrogen) atoms. The van der Waals surface area contributed by atoms with Gasteiger partial charge in [-0.15, -0.1) is 0 Å². The quantitative estimate of drug-likeness (QED) is 0.587.